The van der Waals surface area contributed by atoms with Gasteiger partial charge in [0.1, 0.15) is 11.2 Å². The lowest BCUT2D eigenvalue weighted by Gasteiger charge is -2.27. The summed E-state index contributed by atoms with van der Waals surface area (Å²) in [5, 5.41) is 18.9. The SMILES string of the molecule is CNCCNC1=CCC(N)(c2nccc(-c3cn(C)c4ccccc34)n2)C=C1[N+](=O)[O-]. The van der Waals surface area contributed by atoms with E-state index in [1.54, 1.807) is 12.3 Å². The summed E-state index contributed by atoms with van der Waals surface area (Å²) in [7, 11) is 3.81. The van der Waals surface area contributed by atoms with Crippen LogP contribution in [0.15, 0.2) is 66.3 Å². The topological polar surface area (TPSA) is 124 Å². The van der Waals surface area contributed by atoms with Gasteiger partial charge in [-0.2, -0.15) is 0 Å². The van der Waals surface area contributed by atoms with Crippen molar-refractivity contribution in [1.29, 1.82) is 0 Å². The second-order valence-corrected chi connectivity index (χ2v) is 7.62. The Morgan fingerprint density at radius 2 is 2.10 bits per heavy atom. The minimum absolute atomic E-state index is 0.0657. The van der Waals surface area contributed by atoms with Gasteiger partial charge in [0, 0.05) is 55.1 Å². The summed E-state index contributed by atoms with van der Waals surface area (Å²) in [4.78, 5) is 20.4. The average Bonchev–Trinajstić information content (AvgIpc) is 3.12. The van der Waals surface area contributed by atoms with Gasteiger partial charge < -0.3 is 20.9 Å². The maximum Gasteiger partial charge on any atom is 0.290 e. The molecule has 0 saturated heterocycles. The van der Waals surface area contributed by atoms with E-state index in [1.807, 2.05) is 55.2 Å². The van der Waals surface area contributed by atoms with E-state index in [9.17, 15) is 10.1 Å². The zero-order valence-electron chi connectivity index (χ0n) is 17.5. The van der Waals surface area contributed by atoms with Crippen LogP contribution in [0.2, 0.25) is 0 Å². The molecule has 0 spiro atoms. The Labute approximate surface area is 179 Å². The summed E-state index contributed by atoms with van der Waals surface area (Å²) in [6.45, 7) is 1.25. The molecule has 0 aliphatic heterocycles. The van der Waals surface area contributed by atoms with E-state index in [0.29, 0.717) is 31.0 Å². The minimum Gasteiger partial charge on any atom is -0.378 e. The molecule has 3 aromatic rings. The highest BCUT2D eigenvalue weighted by atomic mass is 16.6. The molecule has 1 aliphatic carbocycles. The molecule has 0 radical (unpaired) electrons. The number of aromatic nitrogens is 3. The maximum absolute atomic E-state index is 11.7. The van der Waals surface area contributed by atoms with Crippen molar-refractivity contribution in [2.45, 2.75) is 12.0 Å². The van der Waals surface area contributed by atoms with E-state index in [2.05, 4.69) is 15.6 Å². The number of nitrogens with two attached hydrogens (primary N) is 1. The van der Waals surface area contributed by atoms with Crippen molar-refractivity contribution in [2.24, 2.45) is 12.8 Å². The van der Waals surface area contributed by atoms with Crippen LogP contribution in [-0.4, -0.2) is 39.6 Å². The Bertz CT molecular complexity index is 1200. The van der Waals surface area contributed by atoms with Crippen LogP contribution in [0.1, 0.15) is 12.2 Å². The summed E-state index contributed by atoms with van der Waals surface area (Å²) in [5.41, 5.74) is 8.60. The molecular weight excluding hydrogens is 394 g/mol. The van der Waals surface area contributed by atoms with Gasteiger partial charge >= 0.3 is 0 Å². The molecular formula is C22H25N7O2. The number of rotatable bonds is 7. The van der Waals surface area contributed by atoms with Gasteiger partial charge in [0.05, 0.1) is 10.6 Å². The largest absolute Gasteiger partial charge is 0.378 e. The molecule has 31 heavy (non-hydrogen) atoms. The van der Waals surface area contributed by atoms with Crippen LogP contribution >= 0.6 is 0 Å². The first-order valence-electron chi connectivity index (χ1n) is 10.1. The third kappa shape index (κ3) is 3.92. The first-order chi connectivity index (χ1) is 14.9. The van der Waals surface area contributed by atoms with Crippen molar-refractivity contribution < 1.29 is 4.92 Å². The fourth-order valence-electron chi connectivity index (χ4n) is 3.83. The van der Waals surface area contributed by atoms with E-state index in [-0.39, 0.29) is 5.70 Å². The number of para-hydroxylation sites is 1. The van der Waals surface area contributed by atoms with Crippen molar-refractivity contribution in [1.82, 2.24) is 25.2 Å². The van der Waals surface area contributed by atoms with Crippen LogP contribution in [0.25, 0.3) is 22.2 Å². The fraction of sp³-hybridized carbons (Fsp3) is 0.273. The molecule has 1 aromatic carbocycles. The van der Waals surface area contributed by atoms with Gasteiger partial charge in [-0.25, -0.2) is 9.97 Å². The molecule has 9 heteroatoms. The Kier molecular flexibility index (Phi) is 5.53. The van der Waals surface area contributed by atoms with Gasteiger partial charge in [-0.05, 0) is 25.6 Å². The van der Waals surface area contributed by atoms with E-state index in [4.69, 9.17) is 10.7 Å². The second-order valence-electron chi connectivity index (χ2n) is 7.62. The second kappa shape index (κ2) is 8.29. The monoisotopic (exact) mass is 419 g/mol. The summed E-state index contributed by atoms with van der Waals surface area (Å²) in [6, 6.07) is 9.90. The van der Waals surface area contributed by atoms with Crippen LogP contribution in [0.3, 0.4) is 0 Å². The highest BCUT2D eigenvalue weighted by Crippen LogP contribution is 2.33. The quantitative estimate of drug-likeness (QED) is 0.304. The average molecular weight is 419 g/mol. The van der Waals surface area contributed by atoms with Crippen molar-refractivity contribution >= 4 is 10.9 Å². The standard InChI is InChI=1S/C22H25N7O2/c1-24-11-12-25-18-7-9-22(23,13-20(18)29(30)31)21-26-10-8-17(27-21)16-14-28(2)19-6-4-3-5-15(16)19/h3-8,10,13-14,24-25H,9,11-12,23H2,1-2H3. The molecule has 160 valence electrons. The van der Waals surface area contributed by atoms with Gasteiger partial charge in [0.2, 0.25) is 0 Å². The fourth-order valence-corrected chi connectivity index (χ4v) is 3.83. The van der Waals surface area contributed by atoms with Crippen molar-refractivity contribution in [3.63, 3.8) is 0 Å². The van der Waals surface area contributed by atoms with Crippen molar-refractivity contribution in [3.8, 4) is 11.3 Å². The molecule has 1 aliphatic rings. The number of fused-ring (bicyclic) bond motifs is 1. The van der Waals surface area contributed by atoms with Gasteiger partial charge in [0.25, 0.3) is 5.70 Å². The minimum atomic E-state index is -1.17. The van der Waals surface area contributed by atoms with Crippen molar-refractivity contribution in [2.75, 3.05) is 20.1 Å². The normalized spacial score (nSPS) is 18.5. The van der Waals surface area contributed by atoms with E-state index >= 15 is 0 Å². The lowest BCUT2D eigenvalue weighted by Crippen LogP contribution is -2.40. The number of hydrogen-bond donors (Lipinski definition) is 3. The molecule has 2 aromatic heterocycles. The van der Waals surface area contributed by atoms with Crippen molar-refractivity contribution in [3.05, 3.63) is 82.2 Å². The zero-order valence-corrected chi connectivity index (χ0v) is 17.5. The predicted octanol–water partition coefficient (Wildman–Crippen LogP) is 2.05. The predicted molar refractivity (Wildman–Crippen MR) is 120 cm³/mol. The van der Waals surface area contributed by atoms with E-state index in [1.165, 1.54) is 6.08 Å². The Balaban J connectivity index is 1.71. The van der Waals surface area contributed by atoms with E-state index in [0.717, 1.165) is 22.2 Å². The number of nitro groups is 1. The van der Waals surface area contributed by atoms with Crippen LogP contribution in [0.5, 0.6) is 0 Å². The number of nitrogens with zero attached hydrogens (tertiary/aromatic N) is 4. The first kappa shape index (κ1) is 20.7. The third-order valence-corrected chi connectivity index (χ3v) is 5.45. The summed E-state index contributed by atoms with van der Waals surface area (Å²) in [5.74, 6) is 0.350. The molecule has 4 N–H and O–H groups in total. The molecule has 4 rings (SSSR count). The Hall–Kier alpha value is -3.56. The smallest absolute Gasteiger partial charge is 0.290 e. The van der Waals surface area contributed by atoms with Gasteiger partial charge in [-0.3, -0.25) is 10.1 Å². The van der Waals surface area contributed by atoms with Gasteiger partial charge in [-0.1, -0.05) is 24.3 Å². The Morgan fingerprint density at radius 1 is 1.29 bits per heavy atom. The Morgan fingerprint density at radius 3 is 2.87 bits per heavy atom. The lowest BCUT2D eigenvalue weighted by molar-refractivity contribution is -0.422. The number of benzene rings is 1. The summed E-state index contributed by atoms with van der Waals surface area (Å²) in [6.07, 6.45) is 7.23. The van der Waals surface area contributed by atoms with Crippen LogP contribution in [0.4, 0.5) is 0 Å². The van der Waals surface area contributed by atoms with Gasteiger partial charge in [-0.15, -0.1) is 0 Å². The summed E-state index contributed by atoms with van der Waals surface area (Å²) >= 11 is 0. The van der Waals surface area contributed by atoms with Crippen LogP contribution < -0.4 is 16.4 Å². The molecule has 1 unspecified atom stereocenters. The maximum atomic E-state index is 11.7. The number of hydrogen-bond acceptors (Lipinski definition) is 7. The molecule has 0 bridgehead atoms. The van der Waals surface area contributed by atoms with Crippen LogP contribution in [-0.2, 0) is 12.6 Å². The molecule has 1 atom stereocenters. The molecule has 0 fully saturated rings. The third-order valence-electron chi connectivity index (χ3n) is 5.45. The van der Waals surface area contributed by atoms with Crippen LogP contribution in [0, 0.1) is 10.1 Å². The zero-order chi connectivity index (χ0) is 22.0. The molecule has 0 amide bonds. The highest BCUT2D eigenvalue weighted by molar-refractivity contribution is 5.95. The number of nitrogens with one attached hydrogen (secondary N) is 2. The first-order valence-corrected chi connectivity index (χ1v) is 10.1. The molecule has 9 nitrogen and oxygen atoms in total. The van der Waals surface area contributed by atoms with E-state index < -0.39 is 10.5 Å². The summed E-state index contributed by atoms with van der Waals surface area (Å²) < 4.78 is 2.04. The lowest BCUT2D eigenvalue weighted by atomic mass is 9.88. The molecule has 0 saturated carbocycles. The van der Waals surface area contributed by atoms with Gasteiger partial charge in [0.15, 0.2) is 5.82 Å². The number of aryl methyl sites for hydroxylation is 1. The molecule has 2 heterocycles. The number of likely N-dealkylation sites (N-methyl/N-ethyl adjacent to an activating group) is 1. The highest BCUT2D eigenvalue weighted by Gasteiger charge is 2.36.